The number of nitroso groups, excluding NO2 is 1. The van der Waals surface area contributed by atoms with Gasteiger partial charge in [0.1, 0.15) is 0 Å². The summed E-state index contributed by atoms with van der Waals surface area (Å²) in [4.78, 5) is 40.1. The van der Waals surface area contributed by atoms with Crippen LogP contribution in [0.15, 0.2) is 46.7 Å². The second kappa shape index (κ2) is 8.69. The normalized spacial score (nSPS) is 10.2. The SMILES string of the molecule is CNC(=O)c1ccc(C#Cc2cc3[nH]c(SCC(=O)N=O)nc3cc2Cl)cc1. The molecular weight excluding hydrogens is 400 g/mol. The molecule has 140 valence electrons. The summed E-state index contributed by atoms with van der Waals surface area (Å²) in [5, 5.41) is 5.83. The number of carbonyl (C=O) groups excluding carboxylic acids is 2. The molecule has 7 nitrogen and oxygen atoms in total. The molecule has 2 aromatic carbocycles. The lowest BCUT2D eigenvalue weighted by atomic mass is 10.1. The average molecular weight is 413 g/mol. The number of fused-ring (bicyclic) bond motifs is 1. The number of hydrogen-bond acceptors (Lipinski definition) is 5. The van der Waals surface area contributed by atoms with E-state index in [0.717, 1.165) is 17.3 Å². The lowest BCUT2D eigenvalue weighted by Crippen LogP contribution is -2.17. The Balaban J connectivity index is 1.82. The monoisotopic (exact) mass is 412 g/mol. The zero-order valence-electron chi connectivity index (χ0n) is 14.6. The number of hydrogen-bond donors (Lipinski definition) is 2. The summed E-state index contributed by atoms with van der Waals surface area (Å²) in [6.45, 7) is 0. The van der Waals surface area contributed by atoms with Crippen LogP contribution in [-0.4, -0.2) is 34.6 Å². The largest absolute Gasteiger partial charge is 0.355 e. The Hall–Kier alpha value is -3.15. The summed E-state index contributed by atoms with van der Waals surface area (Å²) < 4.78 is 0. The number of nitrogens with one attached hydrogen (secondary N) is 2. The number of thioether (sulfide) groups is 1. The Morgan fingerprint density at radius 2 is 2.00 bits per heavy atom. The third-order valence-electron chi connectivity index (χ3n) is 3.70. The van der Waals surface area contributed by atoms with Crippen LogP contribution in [0.25, 0.3) is 11.0 Å². The van der Waals surface area contributed by atoms with Crippen molar-refractivity contribution in [3.63, 3.8) is 0 Å². The highest BCUT2D eigenvalue weighted by atomic mass is 35.5. The lowest BCUT2D eigenvalue weighted by molar-refractivity contribution is -0.115. The van der Waals surface area contributed by atoms with E-state index in [1.807, 2.05) is 0 Å². The van der Waals surface area contributed by atoms with Gasteiger partial charge in [-0.15, -0.1) is 4.91 Å². The zero-order valence-corrected chi connectivity index (χ0v) is 16.1. The quantitative estimate of drug-likeness (QED) is 0.388. The minimum Gasteiger partial charge on any atom is -0.355 e. The topological polar surface area (TPSA) is 104 Å². The van der Waals surface area contributed by atoms with Gasteiger partial charge in [0.05, 0.1) is 21.8 Å². The Labute approximate surface area is 169 Å². The molecule has 0 saturated heterocycles. The number of rotatable bonds is 4. The molecule has 0 spiro atoms. The molecule has 0 saturated carbocycles. The van der Waals surface area contributed by atoms with Crippen LogP contribution in [0.4, 0.5) is 0 Å². The van der Waals surface area contributed by atoms with Crippen molar-refractivity contribution in [1.82, 2.24) is 15.3 Å². The lowest BCUT2D eigenvalue weighted by Gasteiger charge is -1.99. The molecular formula is C19H13ClN4O3S. The summed E-state index contributed by atoms with van der Waals surface area (Å²) in [5.74, 6) is 5.01. The molecule has 0 bridgehead atoms. The van der Waals surface area contributed by atoms with Crippen LogP contribution in [0, 0.1) is 16.7 Å². The van der Waals surface area contributed by atoms with Crippen molar-refractivity contribution in [3.8, 4) is 11.8 Å². The molecule has 2 N–H and O–H groups in total. The molecule has 1 aromatic heterocycles. The summed E-state index contributed by atoms with van der Waals surface area (Å²) in [6, 6.07) is 10.3. The van der Waals surface area contributed by atoms with E-state index in [2.05, 4.69) is 32.3 Å². The van der Waals surface area contributed by atoms with Crippen LogP contribution < -0.4 is 5.32 Å². The minimum absolute atomic E-state index is 0.0875. The van der Waals surface area contributed by atoms with Crippen LogP contribution in [0.5, 0.6) is 0 Å². The Bertz CT molecular complexity index is 1130. The summed E-state index contributed by atoms with van der Waals surface area (Å²) in [6.07, 6.45) is 0. The molecule has 28 heavy (non-hydrogen) atoms. The van der Waals surface area contributed by atoms with Crippen LogP contribution >= 0.6 is 23.4 Å². The van der Waals surface area contributed by atoms with Crippen LogP contribution in [0.3, 0.4) is 0 Å². The first-order valence-corrected chi connectivity index (χ1v) is 9.39. The third-order valence-corrected chi connectivity index (χ3v) is 4.87. The van der Waals surface area contributed by atoms with Crippen molar-refractivity contribution in [2.45, 2.75) is 5.16 Å². The van der Waals surface area contributed by atoms with Crippen molar-refractivity contribution >= 4 is 46.2 Å². The van der Waals surface area contributed by atoms with E-state index in [1.54, 1.807) is 43.4 Å². The fourth-order valence-electron chi connectivity index (χ4n) is 2.32. The van der Waals surface area contributed by atoms with Crippen molar-refractivity contribution < 1.29 is 9.59 Å². The number of aromatic nitrogens is 2. The number of halogens is 1. The van der Waals surface area contributed by atoms with Crippen molar-refractivity contribution in [2.24, 2.45) is 5.18 Å². The summed E-state index contributed by atoms with van der Waals surface area (Å²) >= 11 is 7.37. The molecule has 3 aromatic rings. The van der Waals surface area contributed by atoms with Crippen LogP contribution in [0.1, 0.15) is 21.5 Å². The molecule has 0 atom stereocenters. The second-order valence-corrected chi connectivity index (χ2v) is 6.94. The fourth-order valence-corrected chi connectivity index (χ4v) is 3.18. The smallest absolute Gasteiger partial charge is 0.296 e. The molecule has 0 unspecified atom stereocenters. The van der Waals surface area contributed by atoms with Gasteiger partial charge in [-0.2, -0.15) is 0 Å². The summed E-state index contributed by atoms with van der Waals surface area (Å²) in [7, 11) is 1.57. The first kappa shape index (κ1) is 19.6. The first-order chi connectivity index (χ1) is 13.5. The van der Waals surface area contributed by atoms with Gasteiger partial charge in [0.15, 0.2) is 5.16 Å². The average Bonchev–Trinajstić information content (AvgIpc) is 3.11. The van der Waals surface area contributed by atoms with E-state index < -0.39 is 5.91 Å². The molecule has 0 radical (unpaired) electrons. The number of aromatic amines is 1. The standard InChI is InChI=1S/C19H13ClN4O3S/c1-21-18(26)12-5-2-11(3-6-12)4-7-13-8-15-16(9-14(13)20)23-19(22-15)28-10-17(25)24-27/h2-3,5-6,8-9H,10H2,1H3,(H,21,26)(H,22,23). The van der Waals surface area contributed by atoms with Gasteiger partial charge in [-0.1, -0.05) is 35.2 Å². The second-order valence-electron chi connectivity index (χ2n) is 5.57. The third kappa shape index (κ3) is 4.57. The minimum atomic E-state index is -0.752. The first-order valence-electron chi connectivity index (χ1n) is 8.02. The maximum Gasteiger partial charge on any atom is 0.296 e. The number of amides is 2. The maximum atomic E-state index is 11.6. The Morgan fingerprint density at radius 3 is 2.68 bits per heavy atom. The van der Waals surface area contributed by atoms with E-state index in [1.165, 1.54) is 0 Å². The number of imidazole rings is 1. The van der Waals surface area contributed by atoms with Crippen molar-refractivity contribution in [2.75, 3.05) is 12.8 Å². The van der Waals surface area contributed by atoms with E-state index >= 15 is 0 Å². The van der Waals surface area contributed by atoms with Gasteiger partial charge < -0.3 is 10.3 Å². The predicted octanol–water partition coefficient (Wildman–Crippen LogP) is 3.36. The molecule has 0 aliphatic heterocycles. The van der Waals surface area contributed by atoms with Gasteiger partial charge in [0, 0.05) is 28.9 Å². The zero-order chi connectivity index (χ0) is 20.1. The maximum absolute atomic E-state index is 11.6. The molecule has 0 fully saturated rings. The number of H-pyrrole nitrogens is 1. The fraction of sp³-hybridized carbons (Fsp3) is 0.105. The van der Waals surface area contributed by atoms with E-state index in [4.69, 9.17) is 11.6 Å². The molecule has 9 heteroatoms. The van der Waals surface area contributed by atoms with Gasteiger partial charge in [0.25, 0.3) is 11.8 Å². The van der Waals surface area contributed by atoms with Gasteiger partial charge in [-0.05, 0) is 36.4 Å². The highest BCUT2D eigenvalue weighted by molar-refractivity contribution is 7.99. The highest BCUT2D eigenvalue weighted by Gasteiger charge is 2.09. The highest BCUT2D eigenvalue weighted by Crippen LogP contribution is 2.25. The van der Waals surface area contributed by atoms with Gasteiger partial charge in [0.2, 0.25) is 0 Å². The molecule has 3 rings (SSSR count). The predicted molar refractivity (Wildman–Crippen MR) is 108 cm³/mol. The summed E-state index contributed by atoms with van der Waals surface area (Å²) in [5.41, 5.74) is 3.23. The van der Waals surface area contributed by atoms with Gasteiger partial charge in [-0.25, -0.2) is 4.98 Å². The molecule has 0 aliphatic carbocycles. The number of nitrogens with zero attached hydrogens (tertiary/aromatic N) is 2. The van der Waals surface area contributed by atoms with E-state index in [9.17, 15) is 14.5 Å². The molecule has 0 aliphatic rings. The van der Waals surface area contributed by atoms with Crippen LogP contribution in [0.2, 0.25) is 5.02 Å². The molecule has 2 amide bonds. The van der Waals surface area contributed by atoms with Gasteiger partial charge in [-0.3, -0.25) is 9.59 Å². The van der Waals surface area contributed by atoms with E-state index in [0.29, 0.717) is 32.3 Å². The number of carbonyl (C=O) groups is 2. The molecule has 1 heterocycles. The van der Waals surface area contributed by atoms with Crippen molar-refractivity contribution in [1.29, 1.82) is 0 Å². The number of benzene rings is 2. The van der Waals surface area contributed by atoms with Crippen molar-refractivity contribution in [3.05, 3.63) is 63.0 Å². The Morgan fingerprint density at radius 1 is 1.25 bits per heavy atom. The van der Waals surface area contributed by atoms with E-state index in [-0.39, 0.29) is 11.7 Å². The Kier molecular flexibility index (Phi) is 6.09. The van der Waals surface area contributed by atoms with Gasteiger partial charge >= 0.3 is 0 Å². The van der Waals surface area contributed by atoms with Crippen LogP contribution in [-0.2, 0) is 4.79 Å².